The van der Waals surface area contributed by atoms with Crippen molar-refractivity contribution in [2.75, 3.05) is 25.6 Å². The van der Waals surface area contributed by atoms with Crippen LogP contribution >= 0.6 is 15.6 Å². The second-order valence-corrected chi connectivity index (χ2v) is 20.6. The van der Waals surface area contributed by atoms with Gasteiger partial charge in [0.15, 0.2) is 12.3 Å². The Bertz CT molecular complexity index is 1940. The van der Waals surface area contributed by atoms with Crippen molar-refractivity contribution in [2.24, 2.45) is 0 Å². The summed E-state index contributed by atoms with van der Waals surface area (Å²) in [6.45, 7) is 1.95. The first-order valence-corrected chi connectivity index (χ1v) is 28.4. The van der Waals surface area contributed by atoms with Crippen LogP contribution in [0.15, 0.2) is 77.8 Å². The van der Waals surface area contributed by atoms with Crippen molar-refractivity contribution >= 4 is 33.4 Å². The summed E-state index contributed by atoms with van der Waals surface area (Å²) in [4.78, 5) is 61.9. The van der Waals surface area contributed by atoms with Crippen LogP contribution in [0.3, 0.4) is 0 Å². The van der Waals surface area contributed by atoms with E-state index in [1.54, 1.807) is 6.08 Å². The molecular weight excluding hydrogens is 961 g/mol. The Morgan fingerprint density at radius 2 is 1.32 bits per heavy atom. The van der Waals surface area contributed by atoms with Crippen LogP contribution in [0.1, 0.15) is 168 Å². The molecule has 19 nitrogen and oxygen atoms in total. The molecule has 2 heterocycles. The maximum atomic E-state index is 12.9. The molecule has 404 valence electrons. The van der Waals surface area contributed by atoms with Gasteiger partial charge in [0.05, 0.1) is 19.3 Å². The number of nitrogen functional groups attached to an aromatic ring is 1. The van der Waals surface area contributed by atoms with E-state index in [0.29, 0.717) is 25.7 Å². The number of hydrogen-bond donors (Lipinski definition) is 6. The van der Waals surface area contributed by atoms with Crippen molar-refractivity contribution in [3.63, 3.8) is 0 Å². The number of unbranched alkanes of at least 4 members (excludes halogenated alkanes) is 14. The minimum Gasteiger partial charge on any atom is -0.462 e. The first-order chi connectivity index (χ1) is 34.1. The van der Waals surface area contributed by atoms with E-state index in [9.17, 15) is 48.6 Å². The number of esters is 2. The normalized spacial score (nSPS) is 20.1. The van der Waals surface area contributed by atoms with Crippen molar-refractivity contribution in [1.82, 2.24) is 9.55 Å². The molecule has 0 amide bonds. The number of allylic oxidation sites excluding steroid dienone is 9. The molecule has 0 spiro atoms. The minimum absolute atomic E-state index is 0.0222. The van der Waals surface area contributed by atoms with Crippen LogP contribution in [0.4, 0.5) is 5.82 Å². The molecule has 1 saturated heterocycles. The quantitative estimate of drug-likeness (QED) is 0.0117. The number of phosphoric acid groups is 2. The van der Waals surface area contributed by atoms with Gasteiger partial charge in [0.1, 0.15) is 30.7 Å². The monoisotopic (exact) mass is 1040 g/mol. The number of nitrogens with zero attached hydrogens (tertiary/aromatic N) is 2. The predicted molar refractivity (Wildman–Crippen MR) is 272 cm³/mol. The zero-order valence-electron chi connectivity index (χ0n) is 41.9. The van der Waals surface area contributed by atoms with Gasteiger partial charge in [-0.3, -0.25) is 23.2 Å². The number of anilines is 1. The van der Waals surface area contributed by atoms with Gasteiger partial charge in [-0.25, -0.2) is 13.9 Å². The van der Waals surface area contributed by atoms with E-state index in [1.807, 2.05) is 42.5 Å². The second-order valence-electron chi connectivity index (χ2n) is 17.5. The molecule has 2 rings (SSSR count). The summed E-state index contributed by atoms with van der Waals surface area (Å²) in [7, 11) is -10.9. The number of hydrogen-bond acceptors (Lipinski definition) is 16. The van der Waals surface area contributed by atoms with Gasteiger partial charge in [-0.15, -0.1) is 0 Å². The first-order valence-electron chi connectivity index (χ1n) is 25.4. The molecule has 7 N–H and O–H groups in total. The van der Waals surface area contributed by atoms with E-state index >= 15 is 0 Å². The summed E-state index contributed by atoms with van der Waals surface area (Å²) < 4.78 is 56.7. The highest BCUT2D eigenvalue weighted by Crippen LogP contribution is 2.60. The highest BCUT2D eigenvalue weighted by atomic mass is 31.3. The molecule has 0 aliphatic carbocycles. The SMILES string of the molecule is CCCCCC/C=C\CCCCCCCCCC(=O)O[C@H](COC(=O)CCC/C=C\C/C=C\C/C=C\C=C\[C@H](O)CCCCC)COP(=O)(O)OP(=O)(O)OC[C@H]1O[C@@H](n2ccc(N)nc2=O)[C@H](O)[C@@H]1O. The number of phosphoric ester groups is 2. The Labute approximate surface area is 420 Å². The van der Waals surface area contributed by atoms with Crippen LogP contribution in [-0.2, 0) is 46.3 Å². The highest BCUT2D eigenvalue weighted by Gasteiger charge is 2.46. The van der Waals surface area contributed by atoms with Crippen molar-refractivity contribution in [2.45, 2.75) is 198 Å². The van der Waals surface area contributed by atoms with E-state index in [4.69, 9.17) is 29.0 Å². The van der Waals surface area contributed by atoms with Crippen LogP contribution in [0.25, 0.3) is 0 Å². The average molecular weight is 1040 g/mol. The third-order valence-corrected chi connectivity index (χ3v) is 13.8. The van der Waals surface area contributed by atoms with Gasteiger partial charge in [0.2, 0.25) is 0 Å². The zero-order valence-corrected chi connectivity index (χ0v) is 43.7. The number of carbonyl (C=O) groups is 2. The van der Waals surface area contributed by atoms with E-state index in [-0.39, 0.29) is 18.7 Å². The second kappa shape index (κ2) is 38.1. The number of aromatic nitrogens is 2. The summed E-state index contributed by atoms with van der Waals surface area (Å²) in [5.41, 5.74) is 4.58. The lowest BCUT2D eigenvalue weighted by molar-refractivity contribution is -0.161. The van der Waals surface area contributed by atoms with Gasteiger partial charge in [-0.05, 0) is 70.3 Å². The summed E-state index contributed by atoms with van der Waals surface area (Å²) in [6.07, 6.45) is 33.4. The Balaban J connectivity index is 1.84. The average Bonchev–Trinajstić information content (AvgIpc) is 3.60. The van der Waals surface area contributed by atoms with Crippen molar-refractivity contribution in [3.8, 4) is 0 Å². The van der Waals surface area contributed by atoms with E-state index in [1.165, 1.54) is 31.7 Å². The van der Waals surface area contributed by atoms with E-state index < -0.39 is 89.8 Å². The fraction of sp³-hybridized carbons (Fsp3) is 0.680. The van der Waals surface area contributed by atoms with Gasteiger partial charge in [0, 0.05) is 19.0 Å². The van der Waals surface area contributed by atoms with Gasteiger partial charge in [-0.2, -0.15) is 9.29 Å². The van der Waals surface area contributed by atoms with Gasteiger partial charge < -0.3 is 45.1 Å². The molecule has 0 radical (unpaired) electrons. The standard InChI is InChI=1S/C50H83N3O16P2/c1-3-5-7-8-9-10-11-12-13-14-17-21-24-27-31-35-46(56)67-42(38-64-45(55)34-30-26-23-20-18-15-16-19-22-25-29-33-41(54)32-28-6-4-2)39-65-70(60,61)69-71(62,63)66-40-43-47(57)48(58)49(68-43)53-37-36-44(51)52-50(53)59/h10-11,15-16,20,22-23,25,29,33,36-37,41-43,47-49,54,57-58H,3-9,12-14,17-19,21,24,26-28,30-32,34-35,38-40H2,1-2H3,(H,60,61)(H,62,63)(H2,51,52,59)/b11-10-,16-15-,23-20-,25-22-,33-29+/t41-,42-,43-,47-,48-,49-/m1/s1. The van der Waals surface area contributed by atoms with Crippen molar-refractivity contribution in [3.05, 3.63) is 83.5 Å². The predicted octanol–water partition coefficient (Wildman–Crippen LogP) is 9.30. The first kappa shape index (κ1) is 63.5. The molecule has 0 bridgehead atoms. The fourth-order valence-electron chi connectivity index (χ4n) is 7.17. The zero-order chi connectivity index (χ0) is 52.2. The van der Waals surface area contributed by atoms with Gasteiger partial charge in [0.25, 0.3) is 0 Å². The van der Waals surface area contributed by atoms with E-state index in [2.05, 4.69) is 35.3 Å². The molecule has 21 heteroatoms. The lowest BCUT2D eigenvalue weighted by Gasteiger charge is -2.21. The third-order valence-electron chi connectivity index (χ3n) is 11.2. The van der Waals surface area contributed by atoms with E-state index in [0.717, 1.165) is 94.2 Å². The van der Waals surface area contributed by atoms with Crippen LogP contribution in [0.5, 0.6) is 0 Å². The number of ether oxygens (including phenoxy) is 3. The molecular formula is C50H83N3O16P2. The molecule has 71 heavy (non-hydrogen) atoms. The number of rotatable bonds is 41. The van der Waals surface area contributed by atoms with Gasteiger partial charge >= 0.3 is 33.3 Å². The van der Waals surface area contributed by atoms with Crippen LogP contribution in [-0.4, -0.2) is 96.9 Å². The topological polar surface area (TPSA) is 286 Å². The Kier molecular flexibility index (Phi) is 34.1. The third kappa shape index (κ3) is 30.9. The smallest absolute Gasteiger partial charge is 0.462 e. The number of carbonyl (C=O) groups excluding carboxylic acids is 2. The summed E-state index contributed by atoms with van der Waals surface area (Å²) >= 11 is 0. The van der Waals surface area contributed by atoms with Crippen LogP contribution < -0.4 is 11.4 Å². The molecule has 0 aromatic carbocycles. The molecule has 1 aromatic rings. The molecule has 8 atom stereocenters. The number of aliphatic hydroxyl groups is 3. The maximum absolute atomic E-state index is 12.9. The molecule has 1 aliphatic rings. The van der Waals surface area contributed by atoms with Crippen molar-refractivity contribution in [1.29, 1.82) is 0 Å². The van der Waals surface area contributed by atoms with Crippen molar-refractivity contribution < 1.29 is 71.4 Å². The Morgan fingerprint density at radius 3 is 2.01 bits per heavy atom. The number of nitrogens with two attached hydrogens (primary N) is 1. The largest absolute Gasteiger partial charge is 0.481 e. The van der Waals surface area contributed by atoms with Gasteiger partial charge in [-0.1, -0.05) is 145 Å². The number of aliphatic hydroxyl groups excluding tert-OH is 3. The summed E-state index contributed by atoms with van der Waals surface area (Å²) in [5, 5.41) is 30.8. The molecule has 1 aliphatic heterocycles. The molecule has 0 saturated carbocycles. The molecule has 1 fully saturated rings. The summed E-state index contributed by atoms with van der Waals surface area (Å²) in [6, 6.07) is 1.24. The highest BCUT2D eigenvalue weighted by molar-refractivity contribution is 7.61. The lowest BCUT2D eigenvalue weighted by Crippen LogP contribution is -2.36. The minimum atomic E-state index is -5.44. The Hall–Kier alpha value is -3.58. The summed E-state index contributed by atoms with van der Waals surface area (Å²) in [5.74, 6) is -1.40. The molecule has 1 aromatic heterocycles. The Morgan fingerprint density at radius 1 is 0.746 bits per heavy atom. The van der Waals surface area contributed by atoms with Crippen LogP contribution in [0, 0.1) is 0 Å². The molecule has 2 unspecified atom stereocenters. The van der Waals surface area contributed by atoms with Crippen LogP contribution in [0.2, 0.25) is 0 Å². The maximum Gasteiger partial charge on any atom is 0.481 e. The fourth-order valence-corrected chi connectivity index (χ4v) is 9.29. The lowest BCUT2D eigenvalue weighted by atomic mass is 10.1.